The van der Waals surface area contributed by atoms with Crippen molar-refractivity contribution < 1.29 is 19.1 Å². The van der Waals surface area contributed by atoms with Crippen LogP contribution in [0, 0.1) is 0 Å². The number of hydrogen-bond acceptors (Lipinski definition) is 5. The number of anilines is 1. The number of fused-ring (bicyclic) bond motifs is 1. The Hall–Kier alpha value is -3.19. The third kappa shape index (κ3) is 4.04. The molecule has 3 aromatic rings. The van der Waals surface area contributed by atoms with Crippen molar-refractivity contribution >= 4 is 28.3 Å². The van der Waals surface area contributed by atoms with E-state index in [2.05, 4.69) is 10.3 Å². The lowest BCUT2D eigenvalue weighted by Crippen LogP contribution is -2.28. The minimum absolute atomic E-state index is 0.349. The van der Waals surface area contributed by atoms with E-state index in [1.54, 1.807) is 25.4 Å². The molecule has 1 aromatic carbocycles. The number of ketones is 1. The number of Topliss-reactive ketones (excluding diaryl/α,β-unsaturated/α-hetero) is 1. The van der Waals surface area contributed by atoms with Crippen molar-refractivity contribution in [3.8, 4) is 5.88 Å². The molecule has 2 heterocycles. The minimum Gasteiger partial charge on any atom is -0.481 e. The highest BCUT2D eigenvalue weighted by molar-refractivity contribution is 6.48. The Bertz CT molecular complexity index is 1010. The lowest BCUT2D eigenvalue weighted by molar-refractivity contribution is -0.112. The number of hydrogen-bond donors (Lipinski definition) is 1. The number of rotatable bonds is 7. The average molecular weight is 381 g/mol. The van der Waals surface area contributed by atoms with Crippen LogP contribution in [0.25, 0.3) is 10.9 Å². The highest BCUT2D eigenvalue weighted by atomic mass is 16.5. The van der Waals surface area contributed by atoms with Crippen LogP contribution in [-0.2, 0) is 16.1 Å². The van der Waals surface area contributed by atoms with E-state index in [-0.39, 0.29) is 0 Å². The number of aromatic nitrogens is 2. The van der Waals surface area contributed by atoms with Gasteiger partial charge in [-0.1, -0.05) is 18.2 Å². The molecule has 28 heavy (non-hydrogen) atoms. The molecule has 0 atom stereocenters. The van der Waals surface area contributed by atoms with Gasteiger partial charge in [-0.3, -0.25) is 9.59 Å². The van der Waals surface area contributed by atoms with E-state index in [0.717, 1.165) is 10.9 Å². The van der Waals surface area contributed by atoms with Gasteiger partial charge in [-0.15, -0.1) is 0 Å². The molecule has 2 aromatic heterocycles. The summed E-state index contributed by atoms with van der Waals surface area (Å²) in [5.41, 5.74) is 1.22. The Kier molecular flexibility index (Phi) is 5.46. The van der Waals surface area contributed by atoms with Crippen LogP contribution < -0.4 is 10.1 Å². The van der Waals surface area contributed by atoms with Gasteiger partial charge in [-0.05, 0) is 26.0 Å². The molecule has 1 amide bonds. The summed E-state index contributed by atoms with van der Waals surface area (Å²) >= 11 is 0. The van der Waals surface area contributed by atoms with Crippen molar-refractivity contribution in [1.29, 1.82) is 0 Å². The standard InChI is InChI=1S/C21H23N3O4/c1-21(2,28-4)13-24-12-16(15-7-5-6-8-17(15)24)19(25)20(26)23-14-9-10-18(27-3)22-11-14/h5-12H,13H2,1-4H3,(H,23,26). The number of benzene rings is 1. The van der Waals surface area contributed by atoms with Crippen LogP contribution in [0.4, 0.5) is 5.69 Å². The zero-order valence-electron chi connectivity index (χ0n) is 16.4. The quantitative estimate of drug-likeness (QED) is 0.502. The van der Waals surface area contributed by atoms with Crippen molar-refractivity contribution in [1.82, 2.24) is 9.55 Å². The molecule has 0 saturated heterocycles. The van der Waals surface area contributed by atoms with Gasteiger partial charge in [0.05, 0.1) is 36.7 Å². The van der Waals surface area contributed by atoms with Gasteiger partial charge in [-0.25, -0.2) is 4.98 Å². The summed E-state index contributed by atoms with van der Waals surface area (Å²) in [6, 6.07) is 10.7. The molecule has 146 valence electrons. The molecular weight excluding hydrogens is 358 g/mol. The summed E-state index contributed by atoms with van der Waals surface area (Å²) in [7, 11) is 3.15. The second-order valence-electron chi connectivity index (χ2n) is 7.02. The Morgan fingerprint density at radius 2 is 1.89 bits per heavy atom. The van der Waals surface area contributed by atoms with Crippen molar-refractivity contribution in [2.75, 3.05) is 19.5 Å². The smallest absolute Gasteiger partial charge is 0.296 e. The van der Waals surface area contributed by atoms with Crippen LogP contribution in [0.1, 0.15) is 24.2 Å². The lowest BCUT2D eigenvalue weighted by atomic mass is 10.1. The van der Waals surface area contributed by atoms with Crippen molar-refractivity contribution in [3.05, 3.63) is 54.4 Å². The Morgan fingerprint density at radius 1 is 1.14 bits per heavy atom. The maximum Gasteiger partial charge on any atom is 0.296 e. The molecule has 0 bridgehead atoms. The molecule has 1 N–H and O–H groups in total. The van der Waals surface area contributed by atoms with E-state index in [4.69, 9.17) is 9.47 Å². The average Bonchev–Trinajstić information content (AvgIpc) is 3.06. The summed E-state index contributed by atoms with van der Waals surface area (Å²) in [6.45, 7) is 4.47. The number of amides is 1. The molecule has 0 aliphatic carbocycles. The highest BCUT2D eigenvalue weighted by Gasteiger charge is 2.24. The molecule has 0 aliphatic rings. The van der Waals surface area contributed by atoms with Gasteiger partial charge in [0.2, 0.25) is 5.88 Å². The molecule has 0 saturated carbocycles. The largest absolute Gasteiger partial charge is 0.481 e. The number of carbonyl (C=O) groups excluding carboxylic acids is 2. The fourth-order valence-corrected chi connectivity index (χ4v) is 2.92. The summed E-state index contributed by atoms with van der Waals surface area (Å²) in [4.78, 5) is 29.4. The second kappa shape index (κ2) is 7.82. The summed E-state index contributed by atoms with van der Waals surface area (Å²) in [5.74, 6) is -0.907. The molecule has 7 heteroatoms. The van der Waals surface area contributed by atoms with Gasteiger partial charge in [0.15, 0.2) is 0 Å². The maximum absolute atomic E-state index is 12.8. The third-order valence-electron chi connectivity index (χ3n) is 4.55. The number of ether oxygens (including phenoxy) is 2. The van der Waals surface area contributed by atoms with Gasteiger partial charge in [-0.2, -0.15) is 0 Å². The van der Waals surface area contributed by atoms with Gasteiger partial charge >= 0.3 is 0 Å². The first-order valence-electron chi connectivity index (χ1n) is 8.83. The van der Waals surface area contributed by atoms with Gasteiger partial charge in [0.25, 0.3) is 11.7 Å². The fourth-order valence-electron chi connectivity index (χ4n) is 2.92. The normalized spacial score (nSPS) is 11.4. The third-order valence-corrected chi connectivity index (χ3v) is 4.55. The zero-order valence-corrected chi connectivity index (χ0v) is 16.4. The Labute approximate surface area is 163 Å². The van der Waals surface area contributed by atoms with E-state index in [1.165, 1.54) is 13.3 Å². The summed E-state index contributed by atoms with van der Waals surface area (Å²) < 4.78 is 12.4. The Balaban J connectivity index is 1.89. The number of nitrogens with one attached hydrogen (secondary N) is 1. The fraction of sp³-hybridized carbons (Fsp3) is 0.286. The highest BCUT2D eigenvalue weighted by Crippen LogP contribution is 2.25. The van der Waals surface area contributed by atoms with Crippen LogP contribution in [0.5, 0.6) is 5.88 Å². The van der Waals surface area contributed by atoms with E-state index < -0.39 is 17.3 Å². The first kappa shape index (κ1) is 19.6. The second-order valence-corrected chi connectivity index (χ2v) is 7.02. The molecule has 0 spiro atoms. The zero-order chi connectivity index (χ0) is 20.3. The van der Waals surface area contributed by atoms with Crippen LogP contribution in [0.3, 0.4) is 0 Å². The SMILES string of the molecule is COc1ccc(NC(=O)C(=O)c2cn(CC(C)(C)OC)c3ccccc23)cn1. The first-order valence-corrected chi connectivity index (χ1v) is 8.83. The number of carbonyl (C=O) groups is 2. The van der Waals surface area contributed by atoms with Crippen LogP contribution in [0.15, 0.2) is 48.8 Å². The van der Waals surface area contributed by atoms with Gasteiger partial charge in [0.1, 0.15) is 0 Å². The molecule has 0 fully saturated rings. The summed E-state index contributed by atoms with van der Waals surface area (Å²) in [6.07, 6.45) is 3.15. The molecule has 0 unspecified atom stereocenters. The maximum atomic E-state index is 12.8. The van der Waals surface area contributed by atoms with E-state index >= 15 is 0 Å². The van der Waals surface area contributed by atoms with Crippen LogP contribution in [-0.4, -0.2) is 41.1 Å². The molecule has 0 aliphatic heterocycles. The Morgan fingerprint density at radius 3 is 2.54 bits per heavy atom. The van der Waals surface area contributed by atoms with Gasteiger partial charge in [0, 0.05) is 30.3 Å². The van der Waals surface area contributed by atoms with E-state index in [1.807, 2.05) is 42.7 Å². The molecule has 7 nitrogen and oxygen atoms in total. The number of nitrogens with zero attached hydrogens (tertiary/aromatic N) is 2. The molecule has 3 rings (SSSR count). The number of pyridine rings is 1. The minimum atomic E-state index is -0.721. The van der Waals surface area contributed by atoms with Crippen LogP contribution in [0.2, 0.25) is 0 Å². The first-order chi connectivity index (χ1) is 13.3. The number of para-hydroxylation sites is 1. The van der Waals surface area contributed by atoms with Gasteiger partial charge < -0.3 is 19.4 Å². The summed E-state index contributed by atoms with van der Waals surface area (Å²) in [5, 5.41) is 3.31. The van der Waals surface area contributed by atoms with Crippen molar-refractivity contribution in [2.45, 2.75) is 26.0 Å². The molecular formula is C21H23N3O4. The van der Waals surface area contributed by atoms with Crippen molar-refractivity contribution in [3.63, 3.8) is 0 Å². The number of methoxy groups -OCH3 is 2. The van der Waals surface area contributed by atoms with Crippen LogP contribution >= 0.6 is 0 Å². The topological polar surface area (TPSA) is 82.5 Å². The monoisotopic (exact) mass is 381 g/mol. The lowest BCUT2D eigenvalue weighted by Gasteiger charge is -2.24. The predicted molar refractivity (Wildman–Crippen MR) is 107 cm³/mol. The predicted octanol–water partition coefficient (Wildman–Crippen LogP) is 3.29. The molecule has 0 radical (unpaired) electrons. The van der Waals surface area contributed by atoms with Crippen molar-refractivity contribution in [2.24, 2.45) is 0 Å². The van der Waals surface area contributed by atoms with E-state index in [0.29, 0.717) is 23.7 Å². The van der Waals surface area contributed by atoms with E-state index in [9.17, 15) is 9.59 Å².